The molecule has 0 amide bonds. The zero-order valence-corrected chi connectivity index (χ0v) is 72.2. The Kier molecular flexibility index (Phi) is 31.0. The second-order valence-corrected chi connectivity index (χ2v) is 30.4. The summed E-state index contributed by atoms with van der Waals surface area (Å²) in [4.78, 5) is 50.3. The molecule has 0 radical (unpaired) electrons. The van der Waals surface area contributed by atoms with Crippen molar-refractivity contribution in [1.82, 2.24) is 90.7 Å². The zero-order chi connectivity index (χ0) is 87.2. The van der Waals surface area contributed by atoms with Crippen LogP contribution < -0.4 is 18.9 Å². The van der Waals surface area contributed by atoms with Gasteiger partial charge in [-0.05, 0) is 205 Å². The second kappa shape index (κ2) is 44.5. The van der Waals surface area contributed by atoms with Crippen LogP contribution in [0.4, 0.5) is 0 Å². The van der Waals surface area contributed by atoms with Gasteiger partial charge < -0.3 is 51.1 Å². The van der Waals surface area contributed by atoms with Crippen LogP contribution >= 0.6 is 0 Å². The number of H-pyrrole nitrogens is 1. The first-order valence-corrected chi connectivity index (χ1v) is 42.9. The summed E-state index contributed by atoms with van der Waals surface area (Å²) in [7, 11) is 0. The van der Waals surface area contributed by atoms with Crippen molar-refractivity contribution < 1.29 is 46.1 Å². The molecule has 2 aliphatic carbocycles. The number of hydrogen-bond donors (Lipinski definition) is 1. The van der Waals surface area contributed by atoms with E-state index in [9.17, 15) is 0 Å². The molecule has 28 heteroatoms. The minimum absolute atomic E-state index is 0.0708. The van der Waals surface area contributed by atoms with Crippen LogP contribution in [-0.2, 0) is 6.42 Å². The van der Waals surface area contributed by atoms with Gasteiger partial charge in [0.05, 0.1) is 38.3 Å². The molecular formula is C98H102N18O10. The van der Waals surface area contributed by atoms with E-state index in [1.807, 2.05) is 180 Å². The van der Waals surface area contributed by atoms with Gasteiger partial charge in [0.25, 0.3) is 11.8 Å². The predicted molar refractivity (Wildman–Crippen MR) is 478 cm³/mol. The molecule has 5 aromatic carbocycles. The molecule has 2 atom stereocenters. The molecule has 0 bridgehead atoms. The smallest absolute Gasteiger partial charge is 0.258 e. The van der Waals surface area contributed by atoms with Gasteiger partial charge in [0.1, 0.15) is 11.5 Å². The number of aromatic nitrogens is 18. The summed E-state index contributed by atoms with van der Waals surface area (Å²) in [6.45, 7) is 20.7. The molecule has 644 valence electrons. The van der Waals surface area contributed by atoms with Crippen molar-refractivity contribution in [2.24, 2.45) is 5.92 Å². The van der Waals surface area contributed by atoms with Crippen molar-refractivity contribution in [2.45, 2.75) is 157 Å². The number of nitrogens with zero attached hydrogens (tertiary/aromatic N) is 17. The highest BCUT2D eigenvalue weighted by Gasteiger charge is 2.27. The SMILES string of the molecule is CCC(c1ccccc1)c1nc(-c2ccncc2)no1.CCOc1cc(OCC)cc(-c2nc(-c3ccncc3)no2)c1.CCOc1ccc(-c2nc(-c3cccc4[nH]ccc34)no2)cc1OCC.Cc1cnccc1-c1noc(C(C)c2ccc(CC(C)C)cc2)n1.c1cc(-c2noc(C3CCCC3)n2)ccn1.c1cc(-c2noc(C3CCCCC3)n2)ccn1. The fourth-order valence-corrected chi connectivity index (χ4v) is 14.7. The molecule has 0 spiro atoms. The van der Waals surface area contributed by atoms with Crippen molar-refractivity contribution >= 4 is 10.9 Å². The maximum absolute atomic E-state index is 5.67. The van der Waals surface area contributed by atoms with E-state index in [1.54, 1.807) is 55.8 Å². The lowest BCUT2D eigenvalue weighted by atomic mass is 9.89. The lowest BCUT2D eigenvalue weighted by molar-refractivity contribution is 0.288. The minimum Gasteiger partial charge on any atom is -0.494 e. The summed E-state index contributed by atoms with van der Waals surface area (Å²) in [5, 5.41) is 25.5. The van der Waals surface area contributed by atoms with Gasteiger partial charge in [0.2, 0.25) is 58.5 Å². The third kappa shape index (κ3) is 23.4. The Hall–Kier alpha value is -14.6. The first kappa shape index (κ1) is 87.8. The Bertz CT molecular complexity index is 6080. The molecule has 2 unspecified atom stereocenters. The number of aromatic amines is 1. The van der Waals surface area contributed by atoms with Gasteiger partial charge in [-0.2, -0.15) is 29.9 Å². The Morgan fingerprint density at radius 3 is 1.43 bits per heavy atom. The standard InChI is InChI=1S/C20H19N3O3.C20H23N3O.C17H17N3O3.C16H15N3O.C13H15N3O.C12H13N3O/c1-3-24-17-9-8-13(12-18(17)25-4-2)20-22-19(23-26-20)15-6-5-7-16-14(15)10-11-21-16;1-13(2)11-16-5-7-17(8-6-16)15(4)20-22-19(23-24-20)18-9-10-21-12-14(18)3;1-3-21-14-9-13(10-15(11-14)22-4-2)17-19-16(20-23-17)12-5-7-18-8-6-12;1-2-14(12-6-4-3-5-7-12)16-18-15(19-20-16)13-8-10-17-11-9-13;1-2-4-11(5-3-1)13-15-12(16-17-13)10-6-8-14-9-7-10;1-2-4-10(3-1)12-14-11(15-16-12)9-5-7-13-8-6-9/h5-12,21H,3-4H2,1-2H3;5-10,12-13,15H,11H2,1-4H3;5-11H,3-4H2,1-2H3;3-11,14H,2H2,1H3;6-9,11H,1-5H2;5-8,10H,1-4H2. The summed E-state index contributed by atoms with van der Waals surface area (Å²) >= 11 is 0. The Balaban J connectivity index is 0.000000124. The minimum atomic E-state index is 0.0708. The average Bonchev–Trinajstić information content (AvgIpc) is 1.64. The fourth-order valence-electron chi connectivity index (χ4n) is 14.7. The molecule has 1 N–H and O–H groups in total. The number of hydrogen-bond acceptors (Lipinski definition) is 27. The molecule has 12 heterocycles. The third-order valence-electron chi connectivity index (χ3n) is 21.1. The van der Waals surface area contributed by atoms with E-state index in [-0.39, 0.29) is 11.8 Å². The van der Waals surface area contributed by atoms with E-state index >= 15 is 0 Å². The van der Waals surface area contributed by atoms with Gasteiger partial charge in [0, 0.05) is 141 Å². The topological polar surface area (TPSA) is 351 Å². The van der Waals surface area contributed by atoms with Crippen LogP contribution in [0.3, 0.4) is 0 Å². The van der Waals surface area contributed by atoms with Gasteiger partial charge in [-0.25, -0.2) is 0 Å². The monoisotopic (exact) mass is 1690 g/mol. The van der Waals surface area contributed by atoms with Crippen LogP contribution in [-0.4, -0.2) is 117 Å². The van der Waals surface area contributed by atoms with Crippen LogP contribution in [0.15, 0.2) is 265 Å². The maximum Gasteiger partial charge on any atom is 0.258 e. The lowest BCUT2D eigenvalue weighted by Gasteiger charge is -2.17. The zero-order valence-electron chi connectivity index (χ0n) is 72.2. The number of ether oxygens (including phenoxy) is 4. The molecule has 17 aromatic rings. The van der Waals surface area contributed by atoms with E-state index in [1.165, 1.54) is 74.5 Å². The second-order valence-electron chi connectivity index (χ2n) is 30.4. The molecule has 28 nitrogen and oxygen atoms in total. The van der Waals surface area contributed by atoms with Crippen LogP contribution in [0.25, 0.3) is 102 Å². The summed E-state index contributed by atoms with van der Waals surface area (Å²) in [5.74, 6) is 12.0. The summed E-state index contributed by atoms with van der Waals surface area (Å²) in [6.07, 6.45) is 32.4. The largest absolute Gasteiger partial charge is 0.494 e. The van der Waals surface area contributed by atoms with Crippen molar-refractivity contribution in [2.75, 3.05) is 26.4 Å². The summed E-state index contributed by atoms with van der Waals surface area (Å²) in [6, 6.07) is 55.0. The summed E-state index contributed by atoms with van der Waals surface area (Å²) in [5.41, 5.74) is 12.9. The molecule has 2 fully saturated rings. The Labute approximate surface area is 730 Å². The van der Waals surface area contributed by atoms with Gasteiger partial charge in [-0.3, -0.25) is 24.9 Å². The van der Waals surface area contributed by atoms with Crippen LogP contribution in [0, 0.1) is 12.8 Å². The highest BCUT2D eigenvalue weighted by Crippen LogP contribution is 2.39. The number of fused-ring (bicyclic) bond motifs is 1. The van der Waals surface area contributed by atoms with Crippen molar-refractivity contribution in [3.05, 3.63) is 284 Å². The normalized spacial score (nSPS) is 13.0. The number of rotatable bonds is 25. The van der Waals surface area contributed by atoms with E-state index < -0.39 is 0 Å². The first-order chi connectivity index (χ1) is 61.9. The van der Waals surface area contributed by atoms with Gasteiger partial charge >= 0.3 is 0 Å². The van der Waals surface area contributed by atoms with E-state index in [0.29, 0.717) is 126 Å². The lowest BCUT2D eigenvalue weighted by Crippen LogP contribution is -2.04. The summed E-state index contributed by atoms with van der Waals surface area (Å²) < 4.78 is 54.9. The van der Waals surface area contributed by atoms with Crippen LogP contribution in [0.2, 0.25) is 0 Å². The van der Waals surface area contributed by atoms with Gasteiger partial charge in [-0.15, -0.1) is 0 Å². The number of aryl methyl sites for hydroxylation is 1. The molecule has 2 aliphatic rings. The van der Waals surface area contributed by atoms with Gasteiger partial charge in [-0.1, -0.05) is 151 Å². The van der Waals surface area contributed by atoms with Crippen molar-refractivity contribution in [3.63, 3.8) is 0 Å². The van der Waals surface area contributed by atoms with E-state index in [4.69, 9.17) is 46.1 Å². The highest BCUT2D eigenvalue weighted by atomic mass is 16.5. The van der Waals surface area contributed by atoms with Crippen molar-refractivity contribution in [3.8, 4) is 114 Å². The van der Waals surface area contributed by atoms with Gasteiger partial charge in [0.15, 0.2) is 11.5 Å². The van der Waals surface area contributed by atoms with Crippen LogP contribution in [0.1, 0.15) is 189 Å². The predicted octanol–water partition coefficient (Wildman–Crippen LogP) is 22.7. The number of benzene rings is 5. The number of pyridine rings is 5. The van der Waals surface area contributed by atoms with Crippen molar-refractivity contribution in [1.29, 1.82) is 0 Å². The first-order valence-electron chi connectivity index (χ1n) is 42.9. The average molecular weight is 1690 g/mol. The molecule has 2 saturated carbocycles. The number of nitrogens with one attached hydrogen (secondary N) is 1. The molecule has 0 saturated heterocycles. The molecule has 12 aromatic heterocycles. The molecular weight excluding hydrogens is 1590 g/mol. The Morgan fingerprint density at radius 1 is 0.381 bits per heavy atom. The molecule has 19 rings (SSSR count). The quantitative estimate of drug-likeness (QED) is 0.0555. The maximum atomic E-state index is 5.67. The highest BCUT2D eigenvalue weighted by molar-refractivity contribution is 5.93. The molecule has 126 heavy (non-hydrogen) atoms. The molecule has 0 aliphatic heterocycles. The van der Waals surface area contributed by atoms with Crippen LogP contribution in [0.5, 0.6) is 23.0 Å². The third-order valence-corrected chi connectivity index (χ3v) is 21.1. The van der Waals surface area contributed by atoms with E-state index in [0.717, 1.165) is 85.6 Å². The Morgan fingerprint density at radius 2 is 0.865 bits per heavy atom. The van der Waals surface area contributed by atoms with E-state index in [2.05, 4.69) is 155 Å². The fraction of sp³-hybridized carbons (Fsp3) is 0.296.